The maximum Gasteiger partial charge on any atom is 0.355 e. The van der Waals surface area contributed by atoms with E-state index in [1.807, 2.05) is 0 Å². The number of fused-ring (bicyclic) bond motifs is 1. The summed E-state index contributed by atoms with van der Waals surface area (Å²) < 4.78 is 44.1. The third kappa shape index (κ3) is 2.73. The van der Waals surface area contributed by atoms with Crippen molar-refractivity contribution < 1.29 is 28.1 Å². The molecule has 0 aromatic carbocycles. The predicted octanol–water partition coefficient (Wildman–Crippen LogP) is 0.0763. The van der Waals surface area contributed by atoms with Gasteiger partial charge in [0.2, 0.25) is 0 Å². The Morgan fingerprint density at radius 1 is 1.56 bits per heavy atom. The number of hydrogen-bond donors (Lipinski definition) is 3. The summed E-state index contributed by atoms with van der Waals surface area (Å²) in [4.78, 5) is 3.81. The van der Waals surface area contributed by atoms with E-state index >= 15 is 0 Å². The van der Waals surface area contributed by atoms with Gasteiger partial charge < -0.3 is 20.3 Å². The smallest absolute Gasteiger partial charge is 0.355 e. The van der Waals surface area contributed by atoms with Crippen LogP contribution in [-0.4, -0.2) is 58.4 Å². The summed E-state index contributed by atoms with van der Waals surface area (Å²) in [7, 11) is 1.50. The van der Waals surface area contributed by atoms with Crippen molar-refractivity contribution in [2.45, 2.75) is 42.4 Å². The van der Waals surface area contributed by atoms with Crippen molar-refractivity contribution in [3.8, 4) is 0 Å². The Balaban J connectivity index is 2.10. The topological polar surface area (TPSA) is 74.1 Å². The molecule has 0 saturated carbocycles. The van der Waals surface area contributed by atoms with Crippen molar-refractivity contribution >= 4 is 16.9 Å². The fourth-order valence-corrected chi connectivity index (χ4v) is 3.06. The van der Waals surface area contributed by atoms with Crippen molar-refractivity contribution in [3.05, 3.63) is 0 Å². The first-order valence-corrected chi connectivity index (χ1v) is 6.17. The van der Waals surface area contributed by atoms with E-state index in [2.05, 4.69) is 10.3 Å². The second kappa shape index (κ2) is 4.87. The molecule has 5 atom stereocenters. The molecule has 0 aliphatic carbocycles. The van der Waals surface area contributed by atoms with Gasteiger partial charge in [-0.05, 0) is 0 Å². The van der Waals surface area contributed by atoms with E-state index in [0.29, 0.717) is 5.17 Å². The summed E-state index contributed by atoms with van der Waals surface area (Å²) in [5.74, 6) is 0. The van der Waals surface area contributed by atoms with Crippen LogP contribution in [0.4, 0.5) is 13.2 Å². The third-order valence-corrected chi connectivity index (χ3v) is 3.98. The second-order valence-electron chi connectivity index (χ2n) is 4.16. The zero-order valence-corrected chi connectivity index (χ0v) is 10.2. The van der Waals surface area contributed by atoms with E-state index in [0.717, 1.165) is 11.8 Å². The summed E-state index contributed by atoms with van der Waals surface area (Å²) in [6.45, 7) is 0. The molecular formula is C9H13F3N2O3S. The zero-order valence-electron chi connectivity index (χ0n) is 9.39. The number of aliphatic hydroxyl groups is 2. The van der Waals surface area contributed by atoms with Gasteiger partial charge in [-0.2, -0.15) is 8.78 Å². The molecule has 5 nitrogen and oxygen atoms in total. The van der Waals surface area contributed by atoms with Gasteiger partial charge in [-0.1, -0.05) is 11.8 Å². The maximum absolute atomic E-state index is 13.9. The van der Waals surface area contributed by atoms with Gasteiger partial charge in [-0.3, -0.25) is 4.99 Å². The van der Waals surface area contributed by atoms with Crippen LogP contribution in [0.5, 0.6) is 0 Å². The Labute approximate surface area is 105 Å². The molecule has 2 rings (SSSR count). The second-order valence-corrected chi connectivity index (χ2v) is 5.25. The molecule has 2 saturated heterocycles. The summed E-state index contributed by atoms with van der Waals surface area (Å²) in [6.07, 6.45) is -10.1. The van der Waals surface area contributed by atoms with E-state index in [1.165, 1.54) is 7.05 Å². The minimum atomic E-state index is -4.00. The molecule has 0 aromatic heterocycles. The largest absolute Gasteiger partial charge is 0.387 e. The Morgan fingerprint density at radius 2 is 2.22 bits per heavy atom. The highest BCUT2D eigenvalue weighted by molar-refractivity contribution is 8.14. The molecule has 2 fully saturated rings. The first-order valence-electron chi connectivity index (χ1n) is 5.29. The lowest BCUT2D eigenvalue weighted by atomic mass is 9.97. The SMILES string of the molecule is CN=C1N[C@@H]2[C@@H](F)[C@H](O)[C@H](CC(O)(F)F)O[C@@H]2S1. The number of nitrogens with zero attached hydrogens (tertiary/aromatic N) is 1. The number of aliphatic hydroxyl groups excluding tert-OH is 1. The number of amidine groups is 1. The molecule has 2 heterocycles. The van der Waals surface area contributed by atoms with E-state index < -0.39 is 42.4 Å². The molecule has 0 spiro atoms. The average molecular weight is 286 g/mol. The predicted molar refractivity (Wildman–Crippen MR) is 59.2 cm³/mol. The lowest BCUT2D eigenvalue weighted by Gasteiger charge is -2.38. The summed E-state index contributed by atoms with van der Waals surface area (Å²) >= 11 is 1.07. The molecule has 0 radical (unpaired) electrons. The van der Waals surface area contributed by atoms with Crippen LogP contribution in [0.3, 0.4) is 0 Å². The highest BCUT2D eigenvalue weighted by Crippen LogP contribution is 2.37. The first-order chi connectivity index (χ1) is 8.31. The van der Waals surface area contributed by atoms with Crippen molar-refractivity contribution in [2.24, 2.45) is 4.99 Å². The molecule has 0 aromatic rings. The van der Waals surface area contributed by atoms with E-state index in [-0.39, 0.29) is 0 Å². The van der Waals surface area contributed by atoms with Crippen LogP contribution >= 0.6 is 11.8 Å². The van der Waals surface area contributed by atoms with Gasteiger partial charge in [-0.15, -0.1) is 0 Å². The van der Waals surface area contributed by atoms with Crippen LogP contribution in [-0.2, 0) is 4.74 Å². The number of halogens is 3. The number of aliphatic imine (C=N–C) groups is 1. The normalized spacial score (nSPS) is 42.8. The molecular weight excluding hydrogens is 273 g/mol. The van der Waals surface area contributed by atoms with Crippen LogP contribution in [0.25, 0.3) is 0 Å². The van der Waals surface area contributed by atoms with Gasteiger partial charge >= 0.3 is 6.11 Å². The lowest BCUT2D eigenvalue weighted by Crippen LogP contribution is -2.57. The Hall–Kier alpha value is -0.510. The fourth-order valence-electron chi connectivity index (χ4n) is 1.97. The standard InChI is InChI=1S/C9H13F3N2O3S/c1-13-8-14-5-4(10)6(15)3(2-9(11,12)16)17-7(5)18-8/h3-7,15-16H,2H2,1H3,(H,13,14)/t3-,4+,5+,6+,7+/m0/s1. The van der Waals surface area contributed by atoms with Crippen molar-refractivity contribution in [1.82, 2.24) is 5.32 Å². The Bertz CT molecular complexity index is 352. The van der Waals surface area contributed by atoms with Gasteiger partial charge in [0.1, 0.15) is 11.5 Å². The van der Waals surface area contributed by atoms with E-state index in [9.17, 15) is 18.3 Å². The van der Waals surface area contributed by atoms with Crippen LogP contribution in [0.2, 0.25) is 0 Å². The number of nitrogens with one attached hydrogen (secondary N) is 1. The van der Waals surface area contributed by atoms with Crippen molar-refractivity contribution in [3.63, 3.8) is 0 Å². The third-order valence-electron chi connectivity index (χ3n) is 2.82. The summed E-state index contributed by atoms with van der Waals surface area (Å²) in [5, 5.41) is 21.1. The van der Waals surface area contributed by atoms with Gasteiger partial charge in [0.25, 0.3) is 0 Å². The quantitative estimate of drug-likeness (QED) is 0.670. The molecule has 0 amide bonds. The van der Waals surface area contributed by atoms with Crippen LogP contribution in [0, 0.1) is 0 Å². The minimum absolute atomic E-state index is 0.427. The summed E-state index contributed by atoms with van der Waals surface area (Å²) in [5.41, 5.74) is -0.741. The molecule has 2 aliphatic heterocycles. The minimum Gasteiger partial charge on any atom is -0.387 e. The van der Waals surface area contributed by atoms with Gasteiger partial charge in [0.05, 0.1) is 18.6 Å². The highest BCUT2D eigenvalue weighted by atomic mass is 32.2. The van der Waals surface area contributed by atoms with Gasteiger partial charge in [0, 0.05) is 7.05 Å². The van der Waals surface area contributed by atoms with Crippen molar-refractivity contribution in [1.29, 1.82) is 0 Å². The molecule has 0 unspecified atom stereocenters. The molecule has 0 bridgehead atoms. The first kappa shape index (κ1) is 13.9. The zero-order chi connectivity index (χ0) is 13.5. The maximum atomic E-state index is 13.9. The number of alkyl halides is 3. The number of hydrogen-bond acceptors (Lipinski definition) is 5. The highest BCUT2D eigenvalue weighted by Gasteiger charge is 2.51. The number of thioether (sulfide) groups is 1. The van der Waals surface area contributed by atoms with E-state index in [4.69, 9.17) is 9.84 Å². The lowest BCUT2D eigenvalue weighted by molar-refractivity contribution is -0.242. The van der Waals surface area contributed by atoms with E-state index in [1.54, 1.807) is 0 Å². The van der Waals surface area contributed by atoms with Crippen LogP contribution in [0.1, 0.15) is 6.42 Å². The van der Waals surface area contributed by atoms with Crippen LogP contribution < -0.4 is 5.32 Å². The molecule has 104 valence electrons. The fraction of sp³-hybridized carbons (Fsp3) is 0.889. The van der Waals surface area contributed by atoms with Crippen LogP contribution in [0.15, 0.2) is 4.99 Å². The molecule has 3 N–H and O–H groups in total. The molecule has 9 heteroatoms. The monoisotopic (exact) mass is 286 g/mol. The molecule has 18 heavy (non-hydrogen) atoms. The number of rotatable bonds is 2. The van der Waals surface area contributed by atoms with Crippen molar-refractivity contribution in [2.75, 3.05) is 7.05 Å². The summed E-state index contributed by atoms with van der Waals surface area (Å²) in [6, 6.07) is -0.827. The number of ether oxygens (including phenoxy) is 1. The van der Waals surface area contributed by atoms with Gasteiger partial charge in [-0.25, -0.2) is 4.39 Å². The molecule has 2 aliphatic rings. The average Bonchev–Trinajstić information content (AvgIpc) is 2.67. The Morgan fingerprint density at radius 3 is 2.78 bits per heavy atom. The Kier molecular flexibility index (Phi) is 3.77. The van der Waals surface area contributed by atoms with Gasteiger partial charge in [0.15, 0.2) is 11.3 Å².